The lowest BCUT2D eigenvalue weighted by molar-refractivity contribution is -0.109. The van der Waals surface area contributed by atoms with Crippen molar-refractivity contribution in [1.82, 2.24) is 10.3 Å². The summed E-state index contributed by atoms with van der Waals surface area (Å²) in [6, 6.07) is 16.7. The Morgan fingerprint density at radius 1 is 1.09 bits per heavy atom. The summed E-state index contributed by atoms with van der Waals surface area (Å²) >= 11 is 0. The maximum Gasteiger partial charge on any atom is 0.207 e. The normalized spacial score (nSPS) is 12.0. The molecule has 0 saturated heterocycles. The summed E-state index contributed by atoms with van der Waals surface area (Å²) in [6.07, 6.45) is 2.76. The van der Waals surface area contributed by atoms with Crippen LogP contribution >= 0.6 is 0 Å². The first kappa shape index (κ1) is 14.1. The monoisotopic (exact) mass is 292 g/mol. The largest absolute Gasteiger partial charge is 0.360 e. The van der Waals surface area contributed by atoms with Crippen LogP contribution in [0.25, 0.3) is 10.9 Å². The smallest absolute Gasteiger partial charge is 0.207 e. The Hall–Kier alpha value is -2.88. The van der Waals surface area contributed by atoms with E-state index in [1.165, 1.54) is 0 Å². The topological polar surface area (TPSA) is 62.0 Å². The number of amides is 1. The maximum atomic E-state index is 12.8. The molecular weight excluding hydrogens is 276 g/mol. The van der Waals surface area contributed by atoms with Gasteiger partial charge < -0.3 is 10.3 Å². The number of carbonyl (C=O) groups excluding carboxylic acids is 2. The zero-order chi connectivity index (χ0) is 15.4. The Morgan fingerprint density at radius 3 is 2.59 bits per heavy atom. The van der Waals surface area contributed by atoms with E-state index in [9.17, 15) is 9.59 Å². The van der Waals surface area contributed by atoms with Gasteiger partial charge in [-0.15, -0.1) is 0 Å². The summed E-state index contributed by atoms with van der Waals surface area (Å²) < 4.78 is 0. The number of fused-ring (bicyclic) bond motifs is 1. The van der Waals surface area contributed by atoms with Gasteiger partial charge in [-0.3, -0.25) is 9.59 Å². The molecule has 0 aliphatic heterocycles. The second-order valence-electron chi connectivity index (χ2n) is 5.14. The van der Waals surface area contributed by atoms with Gasteiger partial charge in [0, 0.05) is 29.1 Å². The fourth-order valence-corrected chi connectivity index (χ4v) is 2.62. The summed E-state index contributed by atoms with van der Waals surface area (Å²) in [7, 11) is 0. The van der Waals surface area contributed by atoms with E-state index in [-0.39, 0.29) is 5.78 Å². The summed E-state index contributed by atoms with van der Waals surface area (Å²) in [6.45, 7) is 0. The summed E-state index contributed by atoms with van der Waals surface area (Å²) in [4.78, 5) is 26.7. The van der Waals surface area contributed by atoms with Crippen LogP contribution in [0.15, 0.2) is 60.8 Å². The van der Waals surface area contributed by atoms with Gasteiger partial charge in [-0.2, -0.15) is 0 Å². The minimum absolute atomic E-state index is 0.0894. The van der Waals surface area contributed by atoms with E-state index in [2.05, 4.69) is 10.3 Å². The van der Waals surface area contributed by atoms with Crippen LogP contribution in [0, 0.1) is 0 Å². The Balaban J connectivity index is 1.91. The predicted octanol–water partition coefficient (Wildman–Crippen LogP) is 2.71. The van der Waals surface area contributed by atoms with Crippen LogP contribution in [0.2, 0.25) is 0 Å². The number of aromatic nitrogens is 1. The van der Waals surface area contributed by atoms with Crippen molar-refractivity contribution in [1.29, 1.82) is 0 Å². The number of aromatic amines is 1. The molecule has 2 aromatic carbocycles. The molecule has 0 aliphatic rings. The number of nitrogens with one attached hydrogen (secondary N) is 2. The molecule has 1 amide bonds. The van der Waals surface area contributed by atoms with Crippen LogP contribution in [0.5, 0.6) is 0 Å². The highest BCUT2D eigenvalue weighted by Crippen LogP contribution is 2.20. The second kappa shape index (κ2) is 6.26. The van der Waals surface area contributed by atoms with E-state index in [4.69, 9.17) is 0 Å². The molecule has 110 valence electrons. The fourth-order valence-electron chi connectivity index (χ4n) is 2.62. The number of carbonyl (C=O) groups is 2. The van der Waals surface area contributed by atoms with E-state index in [0.29, 0.717) is 18.4 Å². The average Bonchev–Trinajstić information content (AvgIpc) is 2.99. The lowest BCUT2D eigenvalue weighted by Crippen LogP contribution is -2.37. The molecule has 3 rings (SSSR count). The van der Waals surface area contributed by atoms with Crippen molar-refractivity contribution in [2.75, 3.05) is 0 Å². The Labute approximate surface area is 128 Å². The second-order valence-corrected chi connectivity index (χ2v) is 5.14. The summed E-state index contributed by atoms with van der Waals surface area (Å²) in [5.74, 6) is -0.0894. The third kappa shape index (κ3) is 2.76. The number of rotatable bonds is 6. The van der Waals surface area contributed by atoms with Gasteiger partial charge in [-0.05, 0) is 11.6 Å². The lowest BCUT2D eigenvalue weighted by Gasteiger charge is -2.14. The van der Waals surface area contributed by atoms with Crippen molar-refractivity contribution in [3.05, 3.63) is 71.9 Å². The Bertz CT molecular complexity index is 793. The molecule has 3 aromatic rings. The molecular formula is C18H16N2O2. The quantitative estimate of drug-likeness (QED) is 0.542. The van der Waals surface area contributed by atoms with Crippen molar-refractivity contribution in [3.63, 3.8) is 0 Å². The number of ketones is 1. The summed E-state index contributed by atoms with van der Waals surface area (Å²) in [5.41, 5.74) is 2.52. The SMILES string of the molecule is O=CNC(Cc1ccccc1)C(=O)c1c[nH]c2ccccc12. The van der Waals surface area contributed by atoms with Gasteiger partial charge in [-0.1, -0.05) is 48.5 Å². The van der Waals surface area contributed by atoms with E-state index in [1.807, 2.05) is 54.6 Å². The summed E-state index contributed by atoms with van der Waals surface area (Å²) in [5, 5.41) is 3.51. The molecule has 1 unspecified atom stereocenters. The number of para-hydroxylation sites is 1. The molecule has 0 aliphatic carbocycles. The molecule has 4 nitrogen and oxygen atoms in total. The predicted molar refractivity (Wildman–Crippen MR) is 85.8 cm³/mol. The van der Waals surface area contributed by atoms with E-state index in [0.717, 1.165) is 16.5 Å². The van der Waals surface area contributed by atoms with Crippen LogP contribution in [-0.2, 0) is 11.2 Å². The molecule has 0 radical (unpaired) electrons. The first-order chi connectivity index (χ1) is 10.8. The molecule has 22 heavy (non-hydrogen) atoms. The van der Waals surface area contributed by atoms with Crippen LogP contribution in [-0.4, -0.2) is 23.2 Å². The number of H-pyrrole nitrogens is 1. The van der Waals surface area contributed by atoms with E-state index < -0.39 is 6.04 Å². The Morgan fingerprint density at radius 2 is 1.82 bits per heavy atom. The third-order valence-electron chi connectivity index (χ3n) is 3.72. The highest BCUT2D eigenvalue weighted by atomic mass is 16.1. The van der Waals surface area contributed by atoms with Crippen molar-refractivity contribution < 1.29 is 9.59 Å². The number of Topliss-reactive ketones (excluding diaryl/α,β-unsaturated/α-hetero) is 1. The van der Waals surface area contributed by atoms with Crippen LogP contribution in [0.1, 0.15) is 15.9 Å². The molecule has 1 aromatic heterocycles. The highest BCUT2D eigenvalue weighted by molar-refractivity contribution is 6.10. The Kier molecular flexibility index (Phi) is 4.01. The van der Waals surface area contributed by atoms with E-state index >= 15 is 0 Å². The van der Waals surface area contributed by atoms with Crippen LogP contribution < -0.4 is 5.32 Å². The highest BCUT2D eigenvalue weighted by Gasteiger charge is 2.22. The zero-order valence-corrected chi connectivity index (χ0v) is 12.0. The van der Waals surface area contributed by atoms with Crippen molar-refractivity contribution in [2.45, 2.75) is 12.5 Å². The van der Waals surface area contributed by atoms with Crippen molar-refractivity contribution in [2.24, 2.45) is 0 Å². The first-order valence-electron chi connectivity index (χ1n) is 7.13. The van der Waals surface area contributed by atoms with Crippen molar-refractivity contribution in [3.8, 4) is 0 Å². The molecule has 0 bridgehead atoms. The minimum Gasteiger partial charge on any atom is -0.360 e. The van der Waals surface area contributed by atoms with Gasteiger partial charge in [0.15, 0.2) is 5.78 Å². The number of benzene rings is 2. The van der Waals surface area contributed by atoms with Crippen molar-refractivity contribution >= 4 is 23.1 Å². The third-order valence-corrected chi connectivity index (χ3v) is 3.72. The number of hydrogen-bond donors (Lipinski definition) is 2. The van der Waals surface area contributed by atoms with Gasteiger partial charge in [-0.25, -0.2) is 0 Å². The van der Waals surface area contributed by atoms with Gasteiger partial charge in [0.25, 0.3) is 0 Å². The first-order valence-corrected chi connectivity index (χ1v) is 7.13. The maximum absolute atomic E-state index is 12.8. The lowest BCUT2D eigenvalue weighted by atomic mass is 9.97. The molecule has 0 saturated carbocycles. The average molecular weight is 292 g/mol. The standard InChI is InChI=1S/C18H16N2O2/c21-12-20-17(10-13-6-2-1-3-7-13)18(22)15-11-19-16-9-5-4-8-14(15)16/h1-9,11-12,17,19H,10H2,(H,20,21). The van der Waals surface area contributed by atoms with Crippen LogP contribution in [0.4, 0.5) is 0 Å². The van der Waals surface area contributed by atoms with Gasteiger partial charge >= 0.3 is 0 Å². The van der Waals surface area contributed by atoms with Gasteiger partial charge in [0.2, 0.25) is 6.41 Å². The molecule has 1 heterocycles. The van der Waals surface area contributed by atoms with Gasteiger partial charge in [0.05, 0.1) is 6.04 Å². The van der Waals surface area contributed by atoms with Gasteiger partial charge in [0.1, 0.15) is 0 Å². The number of hydrogen-bond acceptors (Lipinski definition) is 2. The molecule has 0 spiro atoms. The van der Waals surface area contributed by atoms with E-state index in [1.54, 1.807) is 6.20 Å². The fraction of sp³-hybridized carbons (Fsp3) is 0.111. The molecule has 2 N–H and O–H groups in total. The zero-order valence-electron chi connectivity index (χ0n) is 12.0. The molecule has 4 heteroatoms. The van der Waals surface area contributed by atoms with Crippen LogP contribution in [0.3, 0.4) is 0 Å². The molecule has 0 fully saturated rings. The minimum atomic E-state index is -0.570. The molecule has 1 atom stereocenters.